The second-order valence-corrected chi connectivity index (χ2v) is 9.80. The zero-order valence-corrected chi connectivity index (χ0v) is 16.6. The first kappa shape index (κ1) is 20.4. The highest BCUT2D eigenvalue weighted by Crippen LogP contribution is 2.33. The van der Waals surface area contributed by atoms with Gasteiger partial charge in [0.1, 0.15) is 6.61 Å². The monoisotopic (exact) mass is 425 g/mol. The summed E-state index contributed by atoms with van der Waals surface area (Å²) in [5.74, 6) is 3.25. The van der Waals surface area contributed by atoms with Crippen molar-refractivity contribution >= 4 is 43.5 Å². The average molecular weight is 426 g/mol. The van der Waals surface area contributed by atoms with Crippen molar-refractivity contribution in [2.75, 3.05) is 18.5 Å². The molecule has 10 heteroatoms. The number of oxime groups is 1. The van der Waals surface area contributed by atoms with Crippen LogP contribution < -0.4 is 5.32 Å². The number of aliphatic hydroxyl groups excluding tert-OH is 1. The molecule has 1 unspecified atom stereocenters. The molecule has 1 heterocycles. The predicted molar refractivity (Wildman–Crippen MR) is 108 cm³/mol. The second kappa shape index (κ2) is 8.80. The minimum absolute atomic E-state index is 0.0397. The fraction of sp³-hybridized carbons (Fsp3) is 0.333. The summed E-state index contributed by atoms with van der Waals surface area (Å²) >= 11 is 0.692. The molecule has 1 fully saturated rings. The number of aliphatic hydroxyl groups is 1. The molecule has 2 N–H and O–H groups in total. The lowest BCUT2D eigenvalue weighted by molar-refractivity contribution is -0.110. The number of anilines is 1. The Labute approximate surface area is 166 Å². The van der Waals surface area contributed by atoms with E-state index in [0.29, 0.717) is 28.2 Å². The van der Waals surface area contributed by atoms with E-state index >= 15 is 0 Å². The third-order valence-corrected chi connectivity index (χ3v) is 7.37. The quantitative estimate of drug-likeness (QED) is 0.278. The van der Waals surface area contributed by atoms with Crippen LogP contribution in [0.2, 0.25) is 0 Å². The molecule has 1 aromatic heterocycles. The summed E-state index contributed by atoms with van der Waals surface area (Å²) in [4.78, 5) is 22.1. The number of hydrogen-bond donors (Lipinski definition) is 2. The van der Waals surface area contributed by atoms with Gasteiger partial charge in [0.15, 0.2) is 16.0 Å². The molecular weight excluding hydrogens is 405 g/mol. The van der Waals surface area contributed by atoms with Crippen LogP contribution in [0.15, 0.2) is 40.5 Å². The maximum absolute atomic E-state index is 13.1. The highest BCUT2D eigenvalue weighted by molar-refractivity contribution is 8.01. The Morgan fingerprint density at radius 2 is 2.14 bits per heavy atom. The van der Waals surface area contributed by atoms with Crippen molar-refractivity contribution < 1.29 is 23.3 Å². The highest BCUT2D eigenvalue weighted by atomic mass is 32.2. The number of nitrogens with one attached hydrogen (secondary N) is 1. The maximum Gasteiger partial charge on any atom is 0.280 e. The van der Waals surface area contributed by atoms with E-state index in [1.54, 1.807) is 24.3 Å². The van der Waals surface area contributed by atoms with E-state index in [4.69, 9.17) is 9.94 Å². The standard InChI is InChI=1S/C18H20FN3O4S2/c1-28(25,14-7-8-14)13-5-3-12(4-6-13)16(22-26-10-2-9-23)17(24)21-18-20-11-15(19)27-18/h3-6,11,14,23H,1-2,7-10H2,(H,20,21,24)/b22-16+. The Hall–Kier alpha value is -2.30. The molecule has 0 spiro atoms. The first-order valence-corrected chi connectivity index (χ1v) is 11.2. The van der Waals surface area contributed by atoms with Crippen molar-refractivity contribution in [3.8, 4) is 0 Å². The van der Waals surface area contributed by atoms with Crippen molar-refractivity contribution in [2.45, 2.75) is 29.4 Å². The van der Waals surface area contributed by atoms with Crippen LogP contribution in [0.5, 0.6) is 0 Å². The summed E-state index contributed by atoms with van der Waals surface area (Å²) in [6.07, 6.45) is 3.18. The number of amides is 1. The van der Waals surface area contributed by atoms with Gasteiger partial charge in [-0.25, -0.2) is 4.98 Å². The molecule has 1 amide bonds. The Morgan fingerprint density at radius 1 is 1.43 bits per heavy atom. The van der Waals surface area contributed by atoms with Gasteiger partial charge < -0.3 is 9.94 Å². The summed E-state index contributed by atoms with van der Waals surface area (Å²) in [6, 6.07) is 6.59. The first-order valence-electron chi connectivity index (χ1n) is 8.62. The van der Waals surface area contributed by atoms with Gasteiger partial charge in [-0.05, 0) is 40.4 Å². The predicted octanol–water partition coefficient (Wildman–Crippen LogP) is 2.26. The van der Waals surface area contributed by atoms with Crippen LogP contribution in [0.25, 0.3) is 0 Å². The summed E-state index contributed by atoms with van der Waals surface area (Å²) in [5, 5.41) is 14.8. The molecule has 1 aromatic carbocycles. The summed E-state index contributed by atoms with van der Waals surface area (Å²) in [6.45, 7) is 0.0643. The van der Waals surface area contributed by atoms with Crippen LogP contribution in [-0.4, -0.2) is 50.3 Å². The molecule has 1 aliphatic carbocycles. The summed E-state index contributed by atoms with van der Waals surface area (Å²) in [7, 11) is -2.35. The van der Waals surface area contributed by atoms with E-state index in [-0.39, 0.29) is 29.3 Å². The van der Waals surface area contributed by atoms with E-state index in [0.717, 1.165) is 19.0 Å². The maximum atomic E-state index is 13.1. The van der Waals surface area contributed by atoms with Gasteiger partial charge in [-0.1, -0.05) is 28.6 Å². The molecule has 0 bridgehead atoms. The Balaban J connectivity index is 1.82. The van der Waals surface area contributed by atoms with Crippen LogP contribution in [0.3, 0.4) is 0 Å². The number of halogens is 1. The second-order valence-electron chi connectivity index (χ2n) is 6.22. The van der Waals surface area contributed by atoms with Crippen molar-refractivity contribution in [1.29, 1.82) is 0 Å². The largest absolute Gasteiger partial charge is 0.396 e. The van der Waals surface area contributed by atoms with Crippen molar-refractivity contribution in [2.24, 2.45) is 5.16 Å². The molecule has 2 aromatic rings. The van der Waals surface area contributed by atoms with Crippen LogP contribution in [0.1, 0.15) is 24.8 Å². The van der Waals surface area contributed by atoms with Gasteiger partial charge in [-0.2, -0.15) is 4.39 Å². The van der Waals surface area contributed by atoms with Gasteiger partial charge >= 0.3 is 0 Å². The zero-order valence-electron chi connectivity index (χ0n) is 15.0. The third-order valence-electron chi connectivity index (χ3n) is 4.05. The fourth-order valence-corrected chi connectivity index (χ4v) is 4.84. The lowest BCUT2D eigenvalue weighted by atomic mass is 10.1. The van der Waals surface area contributed by atoms with E-state index in [9.17, 15) is 13.4 Å². The van der Waals surface area contributed by atoms with E-state index in [1.807, 2.05) is 0 Å². The van der Waals surface area contributed by atoms with Crippen LogP contribution in [-0.2, 0) is 19.2 Å². The molecule has 3 rings (SSSR count). The summed E-state index contributed by atoms with van der Waals surface area (Å²) < 4.78 is 25.8. The third kappa shape index (κ3) is 4.94. The Bertz CT molecular complexity index is 967. The molecule has 7 nitrogen and oxygen atoms in total. The summed E-state index contributed by atoms with van der Waals surface area (Å²) in [5.41, 5.74) is 0.398. The normalized spacial score (nSPS) is 16.4. The van der Waals surface area contributed by atoms with Crippen molar-refractivity contribution in [3.05, 3.63) is 41.2 Å². The van der Waals surface area contributed by atoms with Gasteiger partial charge in [-0.15, -0.1) is 0 Å². The van der Waals surface area contributed by atoms with Crippen molar-refractivity contribution in [3.63, 3.8) is 0 Å². The average Bonchev–Trinajstić information content (AvgIpc) is 3.46. The molecule has 1 saturated carbocycles. The van der Waals surface area contributed by atoms with Gasteiger partial charge in [0.2, 0.25) is 0 Å². The molecule has 150 valence electrons. The molecule has 28 heavy (non-hydrogen) atoms. The van der Waals surface area contributed by atoms with E-state index < -0.39 is 20.6 Å². The molecule has 1 aliphatic rings. The number of rotatable bonds is 9. The fourth-order valence-electron chi connectivity index (χ4n) is 2.42. The number of carbonyl (C=O) groups is 1. The van der Waals surface area contributed by atoms with E-state index in [2.05, 4.69) is 21.3 Å². The number of carbonyl (C=O) groups excluding carboxylic acids is 1. The minimum Gasteiger partial charge on any atom is -0.396 e. The van der Waals surface area contributed by atoms with Gasteiger partial charge in [0.05, 0.1) is 6.20 Å². The number of aromatic nitrogens is 1. The SMILES string of the molecule is C=S(=O)(c1ccc(/C(=N\OCCCO)C(=O)Nc2ncc(F)s2)cc1)C1CC1. The first-order chi connectivity index (χ1) is 13.4. The number of benzene rings is 1. The van der Waals surface area contributed by atoms with E-state index in [1.165, 1.54) is 0 Å². The molecule has 0 aliphatic heterocycles. The molecule has 0 radical (unpaired) electrons. The smallest absolute Gasteiger partial charge is 0.280 e. The molecule has 0 saturated heterocycles. The lowest BCUT2D eigenvalue weighted by Crippen LogP contribution is -2.24. The number of hydrogen-bond acceptors (Lipinski definition) is 7. The van der Waals surface area contributed by atoms with Crippen molar-refractivity contribution in [1.82, 2.24) is 4.98 Å². The van der Waals surface area contributed by atoms with Gasteiger partial charge in [0, 0.05) is 28.7 Å². The lowest BCUT2D eigenvalue weighted by Gasteiger charge is -2.10. The highest BCUT2D eigenvalue weighted by Gasteiger charge is 2.32. The zero-order chi connectivity index (χ0) is 20.1. The number of nitrogens with zero attached hydrogens (tertiary/aromatic N) is 2. The Morgan fingerprint density at radius 3 is 2.71 bits per heavy atom. The van der Waals surface area contributed by atoms with Crippen LogP contribution in [0.4, 0.5) is 9.52 Å². The van der Waals surface area contributed by atoms with Crippen LogP contribution >= 0.6 is 11.3 Å². The topological polar surface area (TPSA) is 101 Å². The van der Waals surface area contributed by atoms with Gasteiger partial charge in [-0.3, -0.25) is 14.3 Å². The number of thiazole rings is 1. The minimum atomic E-state index is -2.35. The Kier molecular flexibility index (Phi) is 6.42. The molecule has 1 atom stereocenters. The van der Waals surface area contributed by atoms with Gasteiger partial charge in [0.25, 0.3) is 5.91 Å². The van der Waals surface area contributed by atoms with Crippen LogP contribution in [0, 0.1) is 5.13 Å². The molecular formula is C18H20FN3O4S2.